The van der Waals surface area contributed by atoms with Crippen LogP contribution in [0.1, 0.15) is 0 Å². The molecule has 23 heavy (non-hydrogen) atoms. The quantitative estimate of drug-likeness (QED) is 0.482. The molecule has 5 amide bonds. The fraction of sp³-hybridized carbons (Fsp3) is 0.214. The molecule has 1 N–H and O–H groups in total. The molecule has 0 radical (unpaired) electrons. The molecule has 1 aliphatic heterocycles. The second kappa shape index (κ2) is 6.93. The molecule has 0 aromatic heterocycles. The Labute approximate surface area is 136 Å². The van der Waals surface area contributed by atoms with E-state index in [1.54, 1.807) is 24.3 Å². The standard InChI is InChI=1S/C14H12N4O4S/c1-17-12(20)13(21)18(14(17)22)8-11(19)16-9-4-2-3-5-10(9)23-7-6-15/h2-5H,7-8H2,1H3,(H,16,19). The van der Waals surface area contributed by atoms with Gasteiger partial charge in [-0.1, -0.05) is 12.1 Å². The van der Waals surface area contributed by atoms with Crippen LogP contribution in [-0.2, 0) is 14.4 Å². The topological polar surface area (TPSA) is 111 Å². The molecule has 0 atom stereocenters. The van der Waals surface area contributed by atoms with Gasteiger partial charge in [-0.15, -0.1) is 11.8 Å². The molecule has 1 aromatic rings. The molecule has 0 bridgehead atoms. The largest absolute Gasteiger partial charge is 0.334 e. The highest BCUT2D eigenvalue weighted by atomic mass is 32.2. The monoisotopic (exact) mass is 332 g/mol. The highest BCUT2D eigenvalue weighted by Crippen LogP contribution is 2.26. The number of nitrogens with one attached hydrogen (secondary N) is 1. The van der Waals surface area contributed by atoms with Crippen molar-refractivity contribution in [3.05, 3.63) is 24.3 Å². The predicted octanol–water partition coefficient (Wildman–Crippen LogP) is 0.661. The van der Waals surface area contributed by atoms with Crippen LogP contribution < -0.4 is 5.32 Å². The molecule has 118 valence electrons. The van der Waals surface area contributed by atoms with Crippen molar-refractivity contribution in [3.8, 4) is 6.07 Å². The number of amides is 5. The SMILES string of the molecule is CN1C(=O)C(=O)N(CC(=O)Nc2ccccc2SCC#N)C1=O. The molecule has 0 unspecified atom stereocenters. The Bertz CT molecular complexity index is 728. The Hall–Kier alpha value is -2.86. The Morgan fingerprint density at radius 2 is 1.96 bits per heavy atom. The molecule has 1 aliphatic rings. The van der Waals surface area contributed by atoms with Crippen molar-refractivity contribution in [2.45, 2.75) is 4.90 Å². The number of likely N-dealkylation sites (N-methyl/N-ethyl adjacent to an activating group) is 1. The van der Waals surface area contributed by atoms with E-state index in [0.717, 1.165) is 0 Å². The molecular weight excluding hydrogens is 320 g/mol. The number of thioether (sulfide) groups is 1. The van der Waals surface area contributed by atoms with E-state index >= 15 is 0 Å². The summed E-state index contributed by atoms with van der Waals surface area (Å²) in [6.45, 7) is -0.551. The van der Waals surface area contributed by atoms with E-state index in [-0.39, 0.29) is 5.75 Å². The van der Waals surface area contributed by atoms with Crippen LogP contribution in [0.5, 0.6) is 0 Å². The summed E-state index contributed by atoms with van der Waals surface area (Å²) in [4.78, 5) is 48.7. The van der Waals surface area contributed by atoms with Gasteiger partial charge in [-0.25, -0.2) is 9.69 Å². The van der Waals surface area contributed by atoms with E-state index in [1.165, 1.54) is 18.8 Å². The van der Waals surface area contributed by atoms with E-state index in [4.69, 9.17) is 5.26 Å². The fourth-order valence-corrected chi connectivity index (χ4v) is 2.56. The lowest BCUT2D eigenvalue weighted by Gasteiger charge is -2.14. The van der Waals surface area contributed by atoms with Gasteiger partial charge < -0.3 is 5.32 Å². The van der Waals surface area contributed by atoms with E-state index in [0.29, 0.717) is 20.4 Å². The van der Waals surface area contributed by atoms with Gasteiger partial charge in [0.15, 0.2) is 0 Å². The number of benzene rings is 1. The number of hydrogen-bond donors (Lipinski definition) is 1. The van der Waals surface area contributed by atoms with Gasteiger partial charge in [-0.2, -0.15) is 5.26 Å². The third-order valence-corrected chi connectivity index (χ3v) is 3.95. The third-order valence-electron chi connectivity index (χ3n) is 3.01. The molecule has 1 fully saturated rings. The van der Waals surface area contributed by atoms with Gasteiger partial charge in [0, 0.05) is 11.9 Å². The summed E-state index contributed by atoms with van der Waals surface area (Å²) in [5.41, 5.74) is 0.469. The zero-order valence-electron chi connectivity index (χ0n) is 12.1. The van der Waals surface area contributed by atoms with Gasteiger partial charge in [0.25, 0.3) is 0 Å². The lowest BCUT2D eigenvalue weighted by molar-refractivity contribution is -0.143. The first-order valence-electron chi connectivity index (χ1n) is 6.48. The Morgan fingerprint density at radius 1 is 1.26 bits per heavy atom. The van der Waals surface area contributed by atoms with E-state index < -0.39 is 30.3 Å². The van der Waals surface area contributed by atoms with Crippen molar-refractivity contribution in [2.24, 2.45) is 0 Å². The molecule has 1 aromatic carbocycles. The average Bonchev–Trinajstić information content (AvgIpc) is 2.72. The Balaban J connectivity index is 2.06. The summed E-state index contributed by atoms with van der Waals surface area (Å²) in [6.07, 6.45) is 0. The predicted molar refractivity (Wildman–Crippen MR) is 81.3 cm³/mol. The van der Waals surface area contributed by atoms with Crippen molar-refractivity contribution in [1.29, 1.82) is 5.26 Å². The first-order valence-corrected chi connectivity index (χ1v) is 7.46. The summed E-state index contributed by atoms with van der Waals surface area (Å²) in [7, 11) is 1.17. The molecule has 0 saturated carbocycles. The molecule has 8 nitrogen and oxygen atoms in total. The molecule has 2 rings (SSSR count). The van der Waals surface area contributed by atoms with Crippen LogP contribution >= 0.6 is 11.8 Å². The molecule has 0 spiro atoms. The van der Waals surface area contributed by atoms with Crippen molar-refractivity contribution in [2.75, 3.05) is 24.7 Å². The molecule has 1 saturated heterocycles. The molecule has 0 aliphatic carbocycles. The Kier molecular flexibility index (Phi) is 4.98. The van der Waals surface area contributed by atoms with Crippen LogP contribution in [0.2, 0.25) is 0 Å². The Morgan fingerprint density at radius 3 is 2.57 bits per heavy atom. The minimum absolute atomic E-state index is 0.218. The third kappa shape index (κ3) is 3.49. The van der Waals surface area contributed by atoms with Crippen molar-refractivity contribution in [3.63, 3.8) is 0 Å². The number of hydrogen-bond acceptors (Lipinski definition) is 6. The lowest BCUT2D eigenvalue weighted by Crippen LogP contribution is -2.38. The highest BCUT2D eigenvalue weighted by molar-refractivity contribution is 7.99. The molecule has 9 heteroatoms. The van der Waals surface area contributed by atoms with Gasteiger partial charge in [0.1, 0.15) is 6.54 Å². The second-order valence-electron chi connectivity index (χ2n) is 4.53. The number of urea groups is 1. The minimum atomic E-state index is -1.03. The van der Waals surface area contributed by atoms with Crippen LogP contribution in [0.3, 0.4) is 0 Å². The summed E-state index contributed by atoms with van der Waals surface area (Å²) in [6, 6.07) is 8.00. The summed E-state index contributed by atoms with van der Waals surface area (Å²) in [5.74, 6) is -2.39. The van der Waals surface area contributed by atoms with Gasteiger partial charge in [0.2, 0.25) is 5.91 Å². The fourth-order valence-electron chi connectivity index (χ4n) is 1.89. The van der Waals surface area contributed by atoms with Gasteiger partial charge in [0.05, 0.1) is 17.5 Å². The van der Waals surface area contributed by atoms with Gasteiger partial charge in [-0.3, -0.25) is 19.3 Å². The number of imide groups is 2. The number of nitriles is 1. The molecular formula is C14H12N4O4S. The van der Waals surface area contributed by atoms with E-state index in [2.05, 4.69) is 5.32 Å². The highest BCUT2D eigenvalue weighted by Gasteiger charge is 2.42. The minimum Gasteiger partial charge on any atom is -0.324 e. The maximum atomic E-state index is 12.0. The number of para-hydroxylation sites is 1. The van der Waals surface area contributed by atoms with Crippen LogP contribution in [-0.4, -0.2) is 52.9 Å². The van der Waals surface area contributed by atoms with Gasteiger partial charge in [-0.05, 0) is 12.1 Å². The number of rotatable bonds is 5. The number of carbonyl (C=O) groups is 4. The van der Waals surface area contributed by atoms with Crippen LogP contribution in [0.4, 0.5) is 10.5 Å². The van der Waals surface area contributed by atoms with Crippen LogP contribution in [0.15, 0.2) is 29.2 Å². The zero-order valence-corrected chi connectivity index (χ0v) is 12.9. The van der Waals surface area contributed by atoms with E-state index in [1.807, 2.05) is 6.07 Å². The van der Waals surface area contributed by atoms with Crippen molar-refractivity contribution >= 4 is 41.2 Å². The normalized spacial score (nSPS) is 14.2. The summed E-state index contributed by atoms with van der Waals surface area (Å²) < 4.78 is 0. The van der Waals surface area contributed by atoms with E-state index in [9.17, 15) is 19.2 Å². The van der Waals surface area contributed by atoms with Crippen LogP contribution in [0.25, 0.3) is 0 Å². The zero-order chi connectivity index (χ0) is 17.0. The maximum Gasteiger partial charge on any atom is 0.334 e. The van der Waals surface area contributed by atoms with Crippen LogP contribution in [0, 0.1) is 11.3 Å². The number of nitrogens with zero attached hydrogens (tertiary/aromatic N) is 3. The van der Waals surface area contributed by atoms with Gasteiger partial charge >= 0.3 is 17.8 Å². The molecule has 1 heterocycles. The number of anilines is 1. The number of carbonyl (C=O) groups excluding carboxylic acids is 4. The first kappa shape index (κ1) is 16.5. The average molecular weight is 332 g/mol. The smallest absolute Gasteiger partial charge is 0.324 e. The van der Waals surface area contributed by atoms with Crippen molar-refractivity contribution in [1.82, 2.24) is 9.80 Å². The lowest BCUT2D eigenvalue weighted by atomic mass is 10.3. The first-order chi connectivity index (χ1) is 11.0. The second-order valence-corrected chi connectivity index (χ2v) is 5.55. The summed E-state index contributed by atoms with van der Waals surface area (Å²) in [5, 5.41) is 11.2. The van der Waals surface area contributed by atoms with Crippen molar-refractivity contribution < 1.29 is 19.2 Å². The summed E-state index contributed by atoms with van der Waals surface area (Å²) >= 11 is 1.25. The maximum absolute atomic E-state index is 12.0.